The molecule has 0 spiro atoms. The van der Waals surface area contributed by atoms with E-state index in [4.69, 9.17) is 4.42 Å². The van der Waals surface area contributed by atoms with Crippen molar-refractivity contribution in [3.63, 3.8) is 0 Å². The van der Waals surface area contributed by atoms with Crippen LogP contribution in [0.3, 0.4) is 0 Å². The van der Waals surface area contributed by atoms with E-state index < -0.39 is 0 Å². The van der Waals surface area contributed by atoms with Crippen molar-refractivity contribution in [1.82, 2.24) is 0 Å². The molecule has 0 radical (unpaired) electrons. The second-order valence-electron chi connectivity index (χ2n) is 5.44. The van der Waals surface area contributed by atoms with Crippen LogP contribution in [0.2, 0.25) is 0 Å². The summed E-state index contributed by atoms with van der Waals surface area (Å²) in [6.07, 6.45) is 5.91. The van der Waals surface area contributed by atoms with E-state index in [1.807, 2.05) is 6.92 Å². The molecule has 19 heavy (non-hydrogen) atoms. The number of hydrogen-bond acceptors (Lipinski definition) is 3. The van der Waals surface area contributed by atoms with Crippen LogP contribution in [0.25, 0.3) is 11.0 Å². The molecule has 0 atom stereocenters. The summed E-state index contributed by atoms with van der Waals surface area (Å²) in [5.41, 5.74) is 1.26. The van der Waals surface area contributed by atoms with E-state index in [9.17, 15) is 9.90 Å². The Morgan fingerprint density at radius 3 is 2.68 bits per heavy atom. The molecule has 3 nitrogen and oxygen atoms in total. The normalized spacial score (nSPS) is 16.9. The molecule has 1 heterocycles. The van der Waals surface area contributed by atoms with E-state index in [0.29, 0.717) is 22.5 Å². The number of phenolic OH excluding ortho intramolecular Hbond substituents is 1. The third-order valence-corrected chi connectivity index (χ3v) is 4.11. The monoisotopic (exact) mass is 258 g/mol. The van der Waals surface area contributed by atoms with Gasteiger partial charge in [-0.15, -0.1) is 0 Å². The van der Waals surface area contributed by atoms with Gasteiger partial charge in [-0.25, -0.2) is 0 Å². The smallest absolute Gasteiger partial charge is 0.195 e. The fourth-order valence-corrected chi connectivity index (χ4v) is 3.05. The summed E-state index contributed by atoms with van der Waals surface area (Å²) in [5, 5.41) is 9.95. The van der Waals surface area contributed by atoms with Crippen molar-refractivity contribution >= 4 is 11.0 Å². The largest absolute Gasteiger partial charge is 0.508 e. The molecule has 1 fully saturated rings. The first-order valence-electron chi connectivity index (χ1n) is 6.93. The number of phenols is 1. The average molecular weight is 258 g/mol. The number of aromatic hydroxyl groups is 1. The fourth-order valence-electron chi connectivity index (χ4n) is 3.05. The predicted octanol–water partition coefficient (Wildman–Crippen LogP) is 3.85. The molecule has 3 rings (SSSR count). The van der Waals surface area contributed by atoms with Gasteiger partial charge in [-0.05, 0) is 38.0 Å². The van der Waals surface area contributed by atoms with Gasteiger partial charge in [0.25, 0.3) is 0 Å². The molecular formula is C16H18O3. The maximum Gasteiger partial charge on any atom is 0.195 e. The lowest BCUT2D eigenvalue weighted by atomic mass is 9.85. The number of rotatable bonds is 1. The Morgan fingerprint density at radius 1 is 1.21 bits per heavy atom. The van der Waals surface area contributed by atoms with E-state index in [0.717, 1.165) is 18.6 Å². The predicted molar refractivity (Wildman–Crippen MR) is 74.7 cm³/mol. The van der Waals surface area contributed by atoms with Crippen LogP contribution in [0.15, 0.2) is 27.4 Å². The number of fused-ring (bicyclic) bond motifs is 1. The van der Waals surface area contributed by atoms with Crippen molar-refractivity contribution in [2.45, 2.75) is 44.9 Å². The lowest BCUT2D eigenvalue weighted by Gasteiger charge is -2.22. The summed E-state index contributed by atoms with van der Waals surface area (Å²) in [5.74, 6) is 1.33. The third-order valence-electron chi connectivity index (χ3n) is 4.11. The Kier molecular flexibility index (Phi) is 3.05. The highest BCUT2D eigenvalue weighted by atomic mass is 16.3. The zero-order chi connectivity index (χ0) is 13.4. The Labute approximate surface area is 111 Å². The summed E-state index contributed by atoms with van der Waals surface area (Å²) < 4.78 is 5.96. The quantitative estimate of drug-likeness (QED) is 0.845. The van der Waals surface area contributed by atoms with Gasteiger partial charge in [-0.1, -0.05) is 19.3 Å². The first-order chi connectivity index (χ1) is 9.16. The summed E-state index contributed by atoms with van der Waals surface area (Å²) >= 11 is 0. The van der Waals surface area contributed by atoms with E-state index in [-0.39, 0.29) is 11.2 Å². The van der Waals surface area contributed by atoms with Gasteiger partial charge in [-0.3, -0.25) is 4.79 Å². The Morgan fingerprint density at radius 2 is 1.95 bits per heavy atom. The highest BCUT2D eigenvalue weighted by molar-refractivity contribution is 5.78. The molecule has 1 saturated carbocycles. The summed E-state index contributed by atoms with van der Waals surface area (Å²) in [7, 11) is 0. The molecular weight excluding hydrogens is 240 g/mol. The van der Waals surface area contributed by atoms with Crippen molar-refractivity contribution in [2.75, 3.05) is 0 Å². The molecule has 3 heteroatoms. The van der Waals surface area contributed by atoms with Crippen LogP contribution >= 0.6 is 0 Å². The topological polar surface area (TPSA) is 50.4 Å². The molecule has 1 aromatic carbocycles. The molecule has 0 amide bonds. The lowest BCUT2D eigenvalue weighted by molar-refractivity contribution is 0.377. The van der Waals surface area contributed by atoms with Gasteiger partial charge in [-0.2, -0.15) is 0 Å². The summed E-state index contributed by atoms with van der Waals surface area (Å²) in [6.45, 7) is 1.83. The van der Waals surface area contributed by atoms with Crippen LogP contribution in [-0.2, 0) is 0 Å². The Balaban J connectivity index is 2.18. The fraction of sp³-hybridized carbons (Fsp3) is 0.438. The standard InChI is InChI=1S/C16H18O3/c1-10-15(18)13-9-12(17)7-8-14(13)19-16(10)11-5-3-2-4-6-11/h7-9,11,17H,2-6H2,1H3. The minimum Gasteiger partial charge on any atom is -0.508 e. The highest BCUT2D eigenvalue weighted by Crippen LogP contribution is 2.35. The van der Waals surface area contributed by atoms with E-state index >= 15 is 0 Å². The molecule has 1 aliphatic rings. The summed E-state index contributed by atoms with van der Waals surface area (Å²) in [6, 6.07) is 4.72. The molecule has 0 aliphatic heterocycles. The maximum absolute atomic E-state index is 12.4. The van der Waals surface area contributed by atoms with E-state index in [2.05, 4.69) is 0 Å². The van der Waals surface area contributed by atoms with Gasteiger partial charge in [0.15, 0.2) is 5.43 Å². The van der Waals surface area contributed by atoms with E-state index in [1.54, 1.807) is 12.1 Å². The molecule has 1 aliphatic carbocycles. The van der Waals surface area contributed by atoms with Gasteiger partial charge in [0, 0.05) is 11.5 Å². The minimum absolute atomic E-state index is 0.0160. The van der Waals surface area contributed by atoms with Gasteiger partial charge < -0.3 is 9.52 Å². The van der Waals surface area contributed by atoms with Gasteiger partial charge in [0.05, 0.1) is 5.39 Å². The molecule has 0 bridgehead atoms. The first-order valence-corrected chi connectivity index (χ1v) is 6.93. The maximum atomic E-state index is 12.4. The van der Waals surface area contributed by atoms with Crippen molar-refractivity contribution in [3.8, 4) is 5.75 Å². The van der Waals surface area contributed by atoms with Crippen molar-refractivity contribution in [1.29, 1.82) is 0 Å². The Bertz CT molecular complexity index is 663. The van der Waals surface area contributed by atoms with Gasteiger partial charge >= 0.3 is 0 Å². The van der Waals surface area contributed by atoms with Crippen molar-refractivity contribution in [3.05, 3.63) is 39.7 Å². The molecule has 100 valence electrons. The lowest BCUT2D eigenvalue weighted by Crippen LogP contribution is -2.14. The average Bonchev–Trinajstić information content (AvgIpc) is 2.44. The second kappa shape index (κ2) is 4.72. The molecule has 0 saturated heterocycles. The van der Waals surface area contributed by atoms with Crippen LogP contribution in [0.1, 0.15) is 49.3 Å². The second-order valence-corrected chi connectivity index (χ2v) is 5.44. The van der Waals surface area contributed by atoms with Crippen LogP contribution < -0.4 is 5.43 Å². The van der Waals surface area contributed by atoms with Gasteiger partial charge in [0.1, 0.15) is 17.1 Å². The molecule has 0 unspecified atom stereocenters. The van der Waals surface area contributed by atoms with Crippen LogP contribution in [0.4, 0.5) is 0 Å². The zero-order valence-electron chi connectivity index (χ0n) is 11.1. The van der Waals surface area contributed by atoms with Crippen molar-refractivity contribution < 1.29 is 9.52 Å². The molecule has 1 aromatic heterocycles. The number of hydrogen-bond donors (Lipinski definition) is 1. The first kappa shape index (κ1) is 12.3. The van der Waals surface area contributed by atoms with Crippen LogP contribution in [0.5, 0.6) is 5.75 Å². The Hall–Kier alpha value is -1.77. The van der Waals surface area contributed by atoms with Crippen LogP contribution in [0, 0.1) is 6.92 Å². The third kappa shape index (κ3) is 2.14. The molecule has 1 N–H and O–H groups in total. The zero-order valence-corrected chi connectivity index (χ0v) is 11.1. The summed E-state index contributed by atoms with van der Waals surface area (Å²) in [4.78, 5) is 12.4. The van der Waals surface area contributed by atoms with Crippen molar-refractivity contribution in [2.24, 2.45) is 0 Å². The number of benzene rings is 1. The minimum atomic E-state index is -0.0160. The SMILES string of the molecule is Cc1c(C2CCCCC2)oc2ccc(O)cc2c1=O. The van der Waals surface area contributed by atoms with E-state index in [1.165, 1.54) is 25.3 Å². The van der Waals surface area contributed by atoms with Gasteiger partial charge in [0.2, 0.25) is 0 Å². The van der Waals surface area contributed by atoms with Crippen LogP contribution in [-0.4, -0.2) is 5.11 Å². The molecule has 2 aromatic rings. The highest BCUT2D eigenvalue weighted by Gasteiger charge is 2.22.